The number of aryl methyl sites for hydroxylation is 1. The van der Waals surface area contributed by atoms with E-state index in [4.69, 9.17) is 9.26 Å². The van der Waals surface area contributed by atoms with Gasteiger partial charge in [-0.1, -0.05) is 47.6 Å². The molecule has 0 saturated carbocycles. The predicted molar refractivity (Wildman–Crippen MR) is 112 cm³/mol. The second-order valence-corrected chi connectivity index (χ2v) is 7.54. The number of carbonyl (C=O) groups excluding carboxylic acids is 1. The van der Waals surface area contributed by atoms with Gasteiger partial charge in [-0.3, -0.25) is 0 Å². The van der Waals surface area contributed by atoms with Crippen molar-refractivity contribution in [1.82, 2.24) is 20.4 Å². The fraction of sp³-hybridized carbons (Fsp3) is 0.348. The van der Waals surface area contributed by atoms with E-state index in [1.54, 1.807) is 4.90 Å². The maximum Gasteiger partial charge on any atom is 0.317 e. The number of amides is 2. The molecule has 1 fully saturated rings. The Hall–Kier alpha value is -3.35. The zero-order chi connectivity index (χ0) is 20.8. The first kappa shape index (κ1) is 19.9. The van der Waals surface area contributed by atoms with E-state index >= 15 is 0 Å². The van der Waals surface area contributed by atoms with Crippen LogP contribution < -0.4 is 10.1 Å². The summed E-state index contributed by atoms with van der Waals surface area (Å²) in [6, 6.07) is 17.8. The predicted octanol–water partition coefficient (Wildman–Crippen LogP) is 3.70. The summed E-state index contributed by atoms with van der Waals surface area (Å²) in [5.41, 5.74) is 2.24. The SMILES string of the molecule is Cc1cccc(OCCc2noc(C3CCN(C(=O)NCc4ccccc4)C3)n2)c1. The van der Waals surface area contributed by atoms with Crippen LogP contribution in [-0.4, -0.2) is 40.8 Å². The number of nitrogens with zero attached hydrogens (tertiary/aromatic N) is 3. The van der Waals surface area contributed by atoms with Gasteiger partial charge < -0.3 is 19.5 Å². The summed E-state index contributed by atoms with van der Waals surface area (Å²) in [4.78, 5) is 18.7. The van der Waals surface area contributed by atoms with Crippen LogP contribution in [0.4, 0.5) is 4.79 Å². The Kier molecular flexibility index (Phi) is 6.27. The van der Waals surface area contributed by atoms with Gasteiger partial charge in [-0.15, -0.1) is 0 Å². The molecule has 0 radical (unpaired) electrons. The molecule has 1 N–H and O–H groups in total. The van der Waals surface area contributed by atoms with Crippen LogP contribution in [0.2, 0.25) is 0 Å². The molecule has 1 unspecified atom stereocenters. The third-order valence-corrected chi connectivity index (χ3v) is 5.18. The molecular formula is C23H26N4O3. The average molecular weight is 406 g/mol. The molecule has 30 heavy (non-hydrogen) atoms. The minimum atomic E-state index is -0.0624. The molecule has 1 atom stereocenters. The lowest BCUT2D eigenvalue weighted by Crippen LogP contribution is -2.37. The summed E-state index contributed by atoms with van der Waals surface area (Å²) in [5, 5.41) is 7.04. The number of likely N-dealkylation sites (tertiary alicyclic amines) is 1. The topological polar surface area (TPSA) is 80.5 Å². The van der Waals surface area contributed by atoms with Crippen molar-refractivity contribution >= 4 is 6.03 Å². The second kappa shape index (κ2) is 9.43. The van der Waals surface area contributed by atoms with Crippen LogP contribution in [0.5, 0.6) is 5.75 Å². The number of hydrogen-bond acceptors (Lipinski definition) is 5. The number of hydrogen-bond donors (Lipinski definition) is 1. The first-order chi connectivity index (χ1) is 14.7. The molecule has 4 rings (SSSR count). The third kappa shape index (κ3) is 5.17. The zero-order valence-corrected chi connectivity index (χ0v) is 17.1. The van der Waals surface area contributed by atoms with E-state index < -0.39 is 0 Å². The molecule has 2 amide bonds. The first-order valence-corrected chi connectivity index (χ1v) is 10.3. The van der Waals surface area contributed by atoms with Crippen LogP contribution in [-0.2, 0) is 13.0 Å². The lowest BCUT2D eigenvalue weighted by atomic mass is 10.1. The summed E-state index contributed by atoms with van der Waals surface area (Å²) in [6.07, 6.45) is 1.39. The lowest BCUT2D eigenvalue weighted by molar-refractivity contribution is 0.207. The quantitative estimate of drug-likeness (QED) is 0.647. The Balaban J connectivity index is 1.23. The van der Waals surface area contributed by atoms with Gasteiger partial charge in [-0.2, -0.15) is 4.98 Å². The number of benzene rings is 2. The molecule has 2 heterocycles. The Bertz CT molecular complexity index is 973. The summed E-state index contributed by atoms with van der Waals surface area (Å²) >= 11 is 0. The minimum absolute atomic E-state index is 0.0624. The summed E-state index contributed by atoms with van der Waals surface area (Å²) in [6.45, 7) is 4.31. The minimum Gasteiger partial charge on any atom is -0.493 e. The number of aromatic nitrogens is 2. The van der Waals surface area contributed by atoms with E-state index in [2.05, 4.69) is 15.5 Å². The van der Waals surface area contributed by atoms with E-state index in [1.165, 1.54) is 0 Å². The molecule has 1 saturated heterocycles. The highest BCUT2D eigenvalue weighted by Gasteiger charge is 2.31. The van der Waals surface area contributed by atoms with Gasteiger partial charge in [0.05, 0.1) is 12.5 Å². The molecule has 1 aromatic heterocycles. The zero-order valence-electron chi connectivity index (χ0n) is 17.1. The molecule has 0 spiro atoms. The molecular weight excluding hydrogens is 380 g/mol. The van der Waals surface area contributed by atoms with Crippen LogP contribution in [0, 0.1) is 6.92 Å². The molecule has 7 nitrogen and oxygen atoms in total. The highest BCUT2D eigenvalue weighted by Crippen LogP contribution is 2.26. The van der Waals surface area contributed by atoms with Crippen molar-refractivity contribution in [3.63, 3.8) is 0 Å². The van der Waals surface area contributed by atoms with Gasteiger partial charge in [0.1, 0.15) is 5.75 Å². The summed E-state index contributed by atoms with van der Waals surface area (Å²) in [7, 11) is 0. The fourth-order valence-corrected chi connectivity index (χ4v) is 3.53. The molecule has 0 bridgehead atoms. The third-order valence-electron chi connectivity index (χ3n) is 5.18. The van der Waals surface area contributed by atoms with Crippen LogP contribution in [0.25, 0.3) is 0 Å². The average Bonchev–Trinajstić information content (AvgIpc) is 3.43. The van der Waals surface area contributed by atoms with Gasteiger partial charge in [-0.25, -0.2) is 4.79 Å². The molecule has 2 aromatic carbocycles. The van der Waals surface area contributed by atoms with Gasteiger partial charge in [0.2, 0.25) is 5.89 Å². The molecule has 156 valence electrons. The van der Waals surface area contributed by atoms with Crippen LogP contribution >= 0.6 is 0 Å². The van der Waals surface area contributed by atoms with Crippen molar-refractivity contribution < 1.29 is 14.1 Å². The van der Waals surface area contributed by atoms with Gasteiger partial charge in [-0.05, 0) is 36.6 Å². The van der Waals surface area contributed by atoms with Crippen LogP contribution in [0.15, 0.2) is 59.1 Å². The molecule has 1 aliphatic rings. The van der Waals surface area contributed by atoms with E-state index in [-0.39, 0.29) is 11.9 Å². The summed E-state index contributed by atoms with van der Waals surface area (Å²) < 4.78 is 11.2. The number of carbonyl (C=O) groups is 1. The van der Waals surface area contributed by atoms with Crippen LogP contribution in [0.3, 0.4) is 0 Å². The van der Waals surface area contributed by atoms with Crippen LogP contribution in [0.1, 0.15) is 35.2 Å². The largest absolute Gasteiger partial charge is 0.493 e. The Morgan fingerprint density at radius 3 is 2.93 bits per heavy atom. The van der Waals surface area contributed by atoms with E-state index in [1.807, 2.05) is 61.5 Å². The number of nitrogens with one attached hydrogen (secondary N) is 1. The number of urea groups is 1. The standard InChI is InChI=1S/C23H26N4O3/c1-17-6-5-9-20(14-17)29-13-11-21-25-22(30-26-21)19-10-12-27(16-19)23(28)24-15-18-7-3-2-4-8-18/h2-9,14,19H,10-13,15-16H2,1H3,(H,24,28). The van der Waals surface area contributed by atoms with Gasteiger partial charge in [0, 0.05) is 26.1 Å². The molecule has 3 aromatic rings. The molecule has 7 heteroatoms. The Labute approximate surface area is 176 Å². The maximum absolute atomic E-state index is 12.4. The highest BCUT2D eigenvalue weighted by molar-refractivity contribution is 5.74. The van der Waals surface area contributed by atoms with Crippen molar-refractivity contribution in [2.45, 2.75) is 32.2 Å². The van der Waals surface area contributed by atoms with Crippen molar-refractivity contribution in [2.24, 2.45) is 0 Å². The Morgan fingerprint density at radius 1 is 1.23 bits per heavy atom. The normalized spacial score (nSPS) is 15.9. The molecule has 0 aliphatic carbocycles. The van der Waals surface area contributed by atoms with Gasteiger partial charge in [0.25, 0.3) is 0 Å². The summed E-state index contributed by atoms with van der Waals surface area (Å²) in [5.74, 6) is 2.14. The van der Waals surface area contributed by atoms with E-state index in [0.29, 0.717) is 44.4 Å². The smallest absolute Gasteiger partial charge is 0.317 e. The fourth-order valence-electron chi connectivity index (χ4n) is 3.53. The Morgan fingerprint density at radius 2 is 2.10 bits per heavy atom. The lowest BCUT2D eigenvalue weighted by Gasteiger charge is -2.16. The molecule has 1 aliphatic heterocycles. The first-order valence-electron chi connectivity index (χ1n) is 10.3. The van der Waals surface area contributed by atoms with E-state index in [9.17, 15) is 4.79 Å². The number of ether oxygens (including phenoxy) is 1. The van der Waals surface area contributed by atoms with Gasteiger partial charge >= 0.3 is 6.03 Å². The van der Waals surface area contributed by atoms with Crippen molar-refractivity contribution in [3.8, 4) is 5.75 Å². The monoisotopic (exact) mass is 406 g/mol. The maximum atomic E-state index is 12.4. The van der Waals surface area contributed by atoms with Crippen molar-refractivity contribution in [3.05, 3.63) is 77.4 Å². The number of rotatable bonds is 7. The van der Waals surface area contributed by atoms with Crippen molar-refractivity contribution in [2.75, 3.05) is 19.7 Å². The van der Waals surface area contributed by atoms with Gasteiger partial charge in [0.15, 0.2) is 5.82 Å². The van der Waals surface area contributed by atoms with Crippen molar-refractivity contribution in [1.29, 1.82) is 0 Å². The second-order valence-electron chi connectivity index (χ2n) is 7.54. The highest BCUT2D eigenvalue weighted by atomic mass is 16.5. The van der Waals surface area contributed by atoms with E-state index in [0.717, 1.165) is 23.3 Å².